The molecule has 6 nitrogen and oxygen atoms in total. The Kier molecular flexibility index (Phi) is 9.21. The predicted octanol–water partition coefficient (Wildman–Crippen LogP) is 5.24. The summed E-state index contributed by atoms with van der Waals surface area (Å²) in [6.45, 7) is 4.70. The van der Waals surface area contributed by atoms with E-state index in [2.05, 4.69) is 11.9 Å². The summed E-state index contributed by atoms with van der Waals surface area (Å²) in [6, 6.07) is 11.7. The fourth-order valence-electron chi connectivity index (χ4n) is 5.25. The minimum atomic E-state index is -0.650. The van der Waals surface area contributed by atoms with Gasteiger partial charge in [-0.2, -0.15) is 0 Å². The van der Waals surface area contributed by atoms with Crippen molar-refractivity contribution in [2.75, 3.05) is 6.54 Å². The Morgan fingerprint density at radius 2 is 1.89 bits per heavy atom. The number of rotatable bonds is 11. The number of primary amides is 1. The monoisotopic (exact) mass is 539 g/mol. The lowest BCUT2D eigenvalue weighted by atomic mass is 9.83. The maximum atomic E-state index is 13.6. The standard InChI is InChI=1S/C30H35ClFN3O3/c1-2-6-23(28(33)36)24(16-19-10-11-19)29(37)34-27-9-3-4-14-35(30(27)38)18-20-7-5-8-21(15-20)22-12-13-26(32)25(31)17-22/h2,5,7-8,12-13,15,17,19,23-24,27H,1,3-4,6,9-11,14,16,18H2,(H2,33,36)(H,34,37)/t23-,24+,27-/m0/s1. The number of likely N-dealkylation sites (tertiary alicyclic amines) is 1. The highest BCUT2D eigenvalue weighted by atomic mass is 35.5. The van der Waals surface area contributed by atoms with E-state index in [4.69, 9.17) is 17.3 Å². The van der Waals surface area contributed by atoms with Gasteiger partial charge in [-0.1, -0.05) is 54.8 Å². The van der Waals surface area contributed by atoms with Crippen LogP contribution in [0.1, 0.15) is 50.5 Å². The normalized spacial score (nSPS) is 19.4. The molecule has 1 aliphatic heterocycles. The summed E-state index contributed by atoms with van der Waals surface area (Å²) in [5, 5.41) is 3.03. The Bertz CT molecular complexity index is 1200. The second-order valence-corrected chi connectivity index (χ2v) is 10.9. The summed E-state index contributed by atoms with van der Waals surface area (Å²) in [5.41, 5.74) is 8.24. The summed E-state index contributed by atoms with van der Waals surface area (Å²) in [6.07, 6.45) is 6.82. The first kappa shape index (κ1) is 27.8. The van der Waals surface area contributed by atoms with Crippen LogP contribution in [0.25, 0.3) is 11.1 Å². The van der Waals surface area contributed by atoms with Crippen molar-refractivity contribution in [3.8, 4) is 11.1 Å². The van der Waals surface area contributed by atoms with Gasteiger partial charge in [0.1, 0.15) is 11.9 Å². The molecule has 1 saturated carbocycles. The number of amides is 3. The van der Waals surface area contributed by atoms with E-state index in [-0.39, 0.29) is 16.8 Å². The smallest absolute Gasteiger partial charge is 0.245 e. The molecule has 3 amide bonds. The molecule has 0 radical (unpaired) electrons. The Labute approximate surface area is 228 Å². The van der Waals surface area contributed by atoms with Crippen molar-refractivity contribution in [2.45, 2.75) is 57.5 Å². The molecular weight excluding hydrogens is 505 g/mol. The molecule has 0 aromatic heterocycles. The van der Waals surface area contributed by atoms with Gasteiger partial charge in [-0.3, -0.25) is 14.4 Å². The van der Waals surface area contributed by atoms with E-state index in [1.165, 1.54) is 6.07 Å². The zero-order chi connectivity index (χ0) is 27.2. The topological polar surface area (TPSA) is 92.5 Å². The number of carbonyl (C=O) groups is 3. The van der Waals surface area contributed by atoms with E-state index < -0.39 is 29.6 Å². The van der Waals surface area contributed by atoms with Crippen LogP contribution in [-0.4, -0.2) is 35.2 Å². The molecule has 1 heterocycles. The summed E-state index contributed by atoms with van der Waals surface area (Å²) in [5.74, 6) is -2.17. The van der Waals surface area contributed by atoms with Crippen LogP contribution >= 0.6 is 11.6 Å². The SMILES string of the molecule is C=CC[C@H](C(N)=O)[C@@H](CC1CC1)C(=O)N[C@H]1CCCCN(Cc2cccc(-c3ccc(F)c(Cl)c3)c2)C1=O. The molecule has 4 rings (SSSR count). The number of nitrogens with zero attached hydrogens (tertiary/aromatic N) is 1. The summed E-state index contributed by atoms with van der Waals surface area (Å²) in [4.78, 5) is 40.9. The van der Waals surface area contributed by atoms with Crippen LogP contribution in [0.2, 0.25) is 5.02 Å². The van der Waals surface area contributed by atoms with Gasteiger partial charge in [-0.25, -0.2) is 4.39 Å². The second kappa shape index (κ2) is 12.6. The van der Waals surface area contributed by atoms with Crippen LogP contribution in [0.3, 0.4) is 0 Å². The maximum Gasteiger partial charge on any atom is 0.245 e. The van der Waals surface area contributed by atoms with Gasteiger partial charge in [-0.05, 0) is 72.9 Å². The molecule has 202 valence electrons. The molecule has 1 saturated heterocycles. The first-order valence-corrected chi connectivity index (χ1v) is 13.7. The van der Waals surface area contributed by atoms with Gasteiger partial charge in [0.2, 0.25) is 17.7 Å². The molecule has 3 N–H and O–H groups in total. The summed E-state index contributed by atoms with van der Waals surface area (Å²) >= 11 is 5.97. The van der Waals surface area contributed by atoms with Gasteiger partial charge < -0.3 is 16.0 Å². The van der Waals surface area contributed by atoms with Crippen LogP contribution < -0.4 is 11.1 Å². The molecule has 38 heavy (non-hydrogen) atoms. The summed E-state index contributed by atoms with van der Waals surface area (Å²) in [7, 11) is 0. The Morgan fingerprint density at radius 3 is 2.58 bits per heavy atom. The van der Waals surface area contributed by atoms with Gasteiger partial charge in [0.25, 0.3) is 0 Å². The zero-order valence-corrected chi connectivity index (χ0v) is 22.3. The molecule has 2 aromatic rings. The number of allylic oxidation sites excluding steroid dienone is 1. The number of hydrogen-bond donors (Lipinski definition) is 2. The van der Waals surface area contributed by atoms with E-state index >= 15 is 0 Å². The van der Waals surface area contributed by atoms with Gasteiger partial charge >= 0.3 is 0 Å². The predicted molar refractivity (Wildman–Crippen MR) is 146 cm³/mol. The van der Waals surface area contributed by atoms with Crippen molar-refractivity contribution in [3.63, 3.8) is 0 Å². The van der Waals surface area contributed by atoms with Crippen molar-refractivity contribution < 1.29 is 18.8 Å². The van der Waals surface area contributed by atoms with Crippen LogP contribution in [0.4, 0.5) is 4.39 Å². The third-order valence-corrected chi connectivity index (χ3v) is 7.83. The third-order valence-electron chi connectivity index (χ3n) is 7.54. The molecule has 0 unspecified atom stereocenters. The van der Waals surface area contributed by atoms with Gasteiger partial charge in [-0.15, -0.1) is 6.58 Å². The highest BCUT2D eigenvalue weighted by Gasteiger charge is 2.38. The Balaban J connectivity index is 1.47. The average molecular weight is 540 g/mol. The van der Waals surface area contributed by atoms with Crippen LogP contribution in [-0.2, 0) is 20.9 Å². The molecule has 0 bridgehead atoms. The summed E-state index contributed by atoms with van der Waals surface area (Å²) < 4.78 is 13.6. The quantitative estimate of drug-likeness (QED) is 0.383. The van der Waals surface area contributed by atoms with E-state index in [0.29, 0.717) is 38.3 Å². The van der Waals surface area contributed by atoms with Crippen molar-refractivity contribution in [1.29, 1.82) is 0 Å². The molecule has 2 fully saturated rings. The minimum absolute atomic E-state index is 0.0563. The first-order valence-electron chi connectivity index (χ1n) is 13.3. The lowest BCUT2D eigenvalue weighted by Gasteiger charge is -2.28. The fourth-order valence-corrected chi connectivity index (χ4v) is 5.43. The molecule has 0 spiro atoms. The van der Waals surface area contributed by atoms with Gasteiger partial charge in [0, 0.05) is 13.1 Å². The highest BCUT2D eigenvalue weighted by Crippen LogP contribution is 2.38. The lowest BCUT2D eigenvalue weighted by molar-refractivity contribution is -0.139. The van der Waals surface area contributed by atoms with Crippen molar-refractivity contribution >= 4 is 29.3 Å². The molecule has 3 atom stereocenters. The van der Waals surface area contributed by atoms with Crippen LogP contribution in [0.5, 0.6) is 0 Å². The van der Waals surface area contributed by atoms with E-state index in [0.717, 1.165) is 42.4 Å². The minimum Gasteiger partial charge on any atom is -0.369 e. The van der Waals surface area contributed by atoms with Gasteiger partial charge in [0.15, 0.2) is 0 Å². The zero-order valence-electron chi connectivity index (χ0n) is 21.5. The van der Waals surface area contributed by atoms with E-state index in [1.54, 1.807) is 23.1 Å². The lowest BCUT2D eigenvalue weighted by Crippen LogP contribution is -2.50. The average Bonchev–Trinajstić information content (AvgIpc) is 3.73. The molecule has 8 heteroatoms. The maximum absolute atomic E-state index is 13.6. The van der Waals surface area contributed by atoms with Crippen LogP contribution in [0, 0.1) is 23.6 Å². The number of nitrogens with two attached hydrogens (primary N) is 1. The third kappa shape index (κ3) is 7.01. The number of nitrogens with one attached hydrogen (secondary N) is 1. The number of benzene rings is 2. The molecule has 2 aliphatic rings. The van der Waals surface area contributed by atoms with Crippen LogP contribution in [0.15, 0.2) is 55.1 Å². The number of carbonyl (C=O) groups excluding carboxylic acids is 3. The molecule has 2 aromatic carbocycles. The second-order valence-electron chi connectivity index (χ2n) is 10.5. The molecule has 1 aliphatic carbocycles. The first-order chi connectivity index (χ1) is 18.3. The Morgan fingerprint density at radius 1 is 1.13 bits per heavy atom. The van der Waals surface area contributed by atoms with E-state index in [9.17, 15) is 18.8 Å². The molecular formula is C30H35ClFN3O3. The fraction of sp³-hybridized carbons (Fsp3) is 0.433. The largest absolute Gasteiger partial charge is 0.369 e. The Hall–Kier alpha value is -3.19. The van der Waals surface area contributed by atoms with Crippen molar-refractivity contribution in [3.05, 3.63) is 71.5 Å². The number of halogens is 2. The van der Waals surface area contributed by atoms with Gasteiger partial charge in [0.05, 0.1) is 16.9 Å². The van der Waals surface area contributed by atoms with Crippen molar-refractivity contribution in [2.24, 2.45) is 23.5 Å². The highest BCUT2D eigenvalue weighted by molar-refractivity contribution is 6.31. The number of hydrogen-bond acceptors (Lipinski definition) is 3. The van der Waals surface area contributed by atoms with Crippen molar-refractivity contribution in [1.82, 2.24) is 10.2 Å². The van der Waals surface area contributed by atoms with E-state index in [1.807, 2.05) is 24.3 Å².